The maximum atomic E-state index is 13.4. The Labute approximate surface area is 155 Å². The van der Waals surface area contributed by atoms with Crippen LogP contribution in [-0.2, 0) is 16.0 Å². The number of likely N-dealkylation sites (tertiary alicyclic amines) is 2. The van der Waals surface area contributed by atoms with Gasteiger partial charge in [0.1, 0.15) is 0 Å². The Hall–Kier alpha value is -1.08. The molecule has 1 aromatic rings. The molecule has 6 heteroatoms. The lowest BCUT2D eigenvalue weighted by molar-refractivity contribution is 0.0348. The molecule has 0 aliphatic carbocycles. The maximum Gasteiger partial charge on any atom is 0.159 e. The second kappa shape index (κ2) is 8.74. The van der Waals surface area contributed by atoms with Crippen LogP contribution in [0.1, 0.15) is 18.4 Å². The van der Waals surface area contributed by atoms with E-state index < -0.39 is 11.6 Å². The average molecular weight is 368 g/mol. The predicted molar refractivity (Wildman–Crippen MR) is 97.0 cm³/mol. The van der Waals surface area contributed by atoms with Gasteiger partial charge in [0.25, 0.3) is 0 Å². The van der Waals surface area contributed by atoms with Crippen molar-refractivity contribution in [3.8, 4) is 0 Å². The minimum atomic E-state index is -0.782. The van der Waals surface area contributed by atoms with Gasteiger partial charge < -0.3 is 14.4 Å². The molecule has 0 unspecified atom stereocenters. The zero-order valence-corrected chi connectivity index (χ0v) is 15.8. The van der Waals surface area contributed by atoms with E-state index in [0.29, 0.717) is 17.9 Å². The minimum Gasteiger partial charge on any atom is -0.384 e. The summed E-state index contributed by atoms with van der Waals surface area (Å²) < 4.78 is 37.3. The van der Waals surface area contributed by atoms with Crippen molar-refractivity contribution in [1.82, 2.24) is 9.80 Å². The second-order valence-electron chi connectivity index (χ2n) is 7.77. The van der Waals surface area contributed by atoms with Gasteiger partial charge in [-0.1, -0.05) is 6.07 Å². The Morgan fingerprint density at radius 3 is 2.50 bits per heavy atom. The Morgan fingerprint density at radius 2 is 1.85 bits per heavy atom. The molecular weight excluding hydrogens is 338 g/mol. The molecule has 2 saturated heterocycles. The second-order valence-corrected chi connectivity index (χ2v) is 7.77. The summed E-state index contributed by atoms with van der Waals surface area (Å²) in [6.07, 6.45) is 2.24. The molecule has 2 heterocycles. The first-order valence-electron chi connectivity index (χ1n) is 9.43. The summed E-state index contributed by atoms with van der Waals surface area (Å²) in [5.74, 6) is -0.994. The first kappa shape index (κ1) is 19.7. The zero-order valence-electron chi connectivity index (χ0n) is 15.8. The van der Waals surface area contributed by atoms with Crippen LogP contribution in [0.2, 0.25) is 0 Å². The standard InChI is InChI=1S/C20H30F2N2O2/c1-25-10-9-24-13-17(14-26-2)20(15-24)5-7-23(8-6-20)12-16-3-4-18(21)19(22)11-16/h3-4,11,17H,5-10,12-15H2,1-2H3/t17-/m1/s1. The van der Waals surface area contributed by atoms with Gasteiger partial charge >= 0.3 is 0 Å². The summed E-state index contributed by atoms with van der Waals surface area (Å²) in [5, 5.41) is 0. The quantitative estimate of drug-likeness (QED) is 0.739. The topological polar surface area (TPSA) is 24.9 Å². The SMILES string of the molecule is COCCN1C[C@H](COC)C2(CCN(Cc3ccc(F)c(F)c3)CC2)C1. The number of piperidine rings is 1. The van der Waals surface area contributed by atoms with E-state index in [0.717, 1.165) is 64.3 Å². The summed E-state index contributed by atoms with van der Waals surface area (Å²) in [6.45, 7) is 7.34. The number of hydrogen-bond acceptors (Lipinski definition) is 4. The zero-order chi connectivity index (χ0) is 18.6. The highest BCUT2D eigenvalue weighted by Crippen LogP contribution is 2.44. The molecule has 2 aliphatic rings. The third-order valence-corrected chi connectivity index (χ3v) is 6.10. The van der Waals surface area contributed by atoms with Crippen molar-refractivity contribution in [3.05, 3.63) is 35.4 Å². The summed E-state index contributed by atoms with van der Waals surface area (Å²) >= 11 is 0. The fourth-order valence-electron chi connectivity index (χ4n) is 4.58. The van der Waals surface area contributed by atoms with Crippen LogP contribution in [0.4, 0.5) is 8.78 Å². The molecule has 0 N–H and O–H groups in total. The number of halogens is 2. The van der Waals surface area contributed by atoms with Crippen molar-refractivity contribution >= 4 is 0 Å². The summed E-state index contributed by atoms with van der Waals surface area (Å²) in [7, 11) is 3.53. The molecule has 0 radical (unpaired) electrons. The Bertz CT molecular complexity index is 591. The fourth-order valence-corrected chi connectivity index (χ4v) is 4.58. The van der Waals surface area contributed by atoms with E-state index in [-0.39, 0.29) is 0 Å². The van der Waals surface area contributed by atoms with Gasteiger partial charge in [-0.3, -0.25) is 4.90 Å². The normalized spacial score (nSPS) is 23.8. The minimum absolute atomic E-state index is 0.300. The number of methoxy groups -OCH3 is 2. The van der Waals surface area contributed by atoms with Gasteiger partial charge in [-0.15, -0.1) is 0 Å². The van der Waals surface area contributed by atoms with Crippen LogP contribution in [0, 0.1) is 23.0 Å². The summed E-state index contributed by atoms with van der Waals surface area (Å²) in [5.41, 5.74) is 1.13. The van der Waals surface area contributed by atoms with Gasteiger partial charge in [0, 0.05) is 46.3 Å². The predicted octanol–water partition coefficient (Wildman–Crippen LogP) is 2.77. The molecule has 2 fully saturated rings. The van der Waals surface area contributed by atoms with Crippen molar-refractivity contribution in [2.45, 2.75) is 19.4 Å². The number of ether oxygens (including phenoxy) is 2. The van der Waals surface area contributed by atoms with Gasteiger partial charge in [0.15, 0.2) is 11.6 Å². The van der Waals surface area contributed by atoms with Crippen LogP contribution >= 0.6 is 0 Å². The summed E-state index contributed by atoms with van der Waals surface area (Å²) in [4.78, 5) is 4.85. The first-order valence-corrected chi connectivity index (χ1v) is 9.43. The van der Waals surface area contributed by atoms with Crippen LogP contribution in [0.5, 0.6) is 0 Å². The van der Waals surface area contributed by atoms with Crippen LogP contribution in [0.25, 0.3) is 0 Å². The van der Waals surface area contributed by atoms with Crippen molar-refractivity contribution in [2.24, 2.45) is 11.3 Å². The molecule has 1 aromatic carbocycles. The van der Waals surface area contributed by atoms with E-state index in [4.69, 9.17) is 9.47 Å². The maximum absolute atomic E-state index is 13.4. The smallest absolute Gasteiger partial charge is 0.159 e. The van der Waals surface area contributed by atoms with E-state index >= 15 is 0 Å². The van der Waals surface area contributed by atoms with E-state index in [2.05, 4.69) is 9.80 Å². The first-order chi connectivity index (χ1) is 12.6. The molecular formula is C20H30F2N2O2. The molecule has 1 spiro atoms. The Morgan fingerprint density at radius 1 is 1.08 bits per heavy atom. The van der Waals surface area contributed by atoms with E-state index in [1.807, 2.05) is 0 Å². The van der Waals surface area contributed by atoms with Crippen molar-refractivity contribution < 1.29 is 18.3 Å². The third-order valence-electron chi connectivity index (χ3n) is 6.10. The Kier molecular flexibility index (Phi) is 6.61. The van der Waals surface area contributed by atoms with E-state index in [9.17, 15) is 8.78 Å². The number of rotatable bonds is 7. The average Bonchev–Trinajstić information content (AvgIpc) is 2.96. The molecule has 26 heavy (non-hydrogen) atoms. The van der Waals surface area contributed by atoms with E-state index in [1.165, 1.54) is 12.1 Å². The number of nitrogens with zero attached hydrogens (tertiary/aromatic N) is 2. The van der Waals surface area contributed by atoms with Crippen LogP contribution in [0.3, 0.4) is 0 Å². The molecule has 146 valence electrons. The molecule has 0 saturated carbocycles. The van der Waals surface area contributed by atoms with Gasteiger partial charge in [0.2, 0.25) is 0 Å². The van der Waals surface area contributed by atoms with Crippen LogP contribution in [0.15, 0.2) is 18.2 Å². The monoisotopic (exact) mass is 368 g/mol. The molecule has 0 amide bonds. The van der Waals surface area contributed by atoms with Gasteiger partial charge in [-0.25, -0.2) is 8.78 Å². The van der Waals surface area contributed by atoms with Crippen molar-refractivity contribution in [3.63, 3.8) is 0 Å². The van der Waals surface area contributed by atoms with Gasteiger partial charge in [-0.05, 0) is 49.0 Å². The number of hydrogen-bond donors (Lipinski definition) is 0. The number of benzene rings is 1. The van der Waals surface area contributed by atoms with Gasteiger partial charge in [0.05, 0.1) is 13.2 Å². The van der Waals surface area contributed by atoms with Crippen molar-refractivity contribution in [1.29, 1.82) is 0 Å². The Balaban J connectivity index is 1.59. The molecule has 1 atom stereocenters. The highest BCUT2D eigenvalue weighted by Gasteiger charge is 2.47. The molecule has 4 nitrogen and oxygen atoms in total. The molecule has 2 aliphatic heterocycles. The van der Waals surface area contributed by atoms with Crippen LogP contribution < -0.4 is 0 Å². The van der Waals surface area contributed by atoms with E-state index in [1.54, 1.807) is 20.3 Å². The van der Waals surface area contributed by atoms with Crippen LogP contribution in [-0.4, -0.2) is 70.0 Å². The third kappa shape index (κ3) is 4.42. The fraction of sp³-hybridized carbons (Fsp3) is 0.700. The molecule has 0 bridgehead atoms. The molecule has 3 rings (SSSR count). The lowest BCUT2D eigenvalue weighted by Crippen LogP contribution is -2.45. The lowest BCUT2D eigenvalue weighted by atomic mass is 9.71. The van der Waals surface area contributed by atoms with Crippen molar-refractivity contribution in [2.75, 3.05) is 60.2 Å². The summed E-state index contributed by atoms with van der Waals surface area (Å²) in [6, 6.07) is 4.21. The molecule has 0 aromatic heterocycles. The van der Waals surface area contributed by atoms with Gasteiger partial charge in [-0.2, -0.15) is 0 Å². The highest BCUT2D eigenvalue weighted by atomic mass is 19.2. The largest absolute Gasteiger partial charge is 0.384 e. The highest BCUT2D eigenvalue weighted by molar-refractivity contribution is 5.18. The lowest BCUT2D eigenvalue weighted by Gasteiger charge is -2.42.